The average molecular weight is 549 g/mol. The van der Waals surface area contributed by atoms with Crippen LogP contribution in [0.5, 0.6) is 0 Å². The number of ether oxygens (including phenoxy) is 1. The van der Waals surface area contributed by atoms with Crippen molar-refractivity contribution in [3.05, 3.63) is 22.7 Å². The van der Waals surface area contributed by atoms with Crippen molar-refractivity contribution in [2.45, 2.75) is 46.0 Å². The molecule has 2 heterocycles. The molecule has 0 saturated carbocycles. The molecule has 3 rings (SSSR count). The first kappa shape index (κ1) is 27.8. The molecule has 0 saturated heterocycles. The van der Waals surface area contributed by atoms with Gasteiger partial charge in [-0.2, -0.15) is 21.6 Å². The molecular weight excluding hydrogens is 521 g/mol. The first-order chi connectivity index (χ1) is 16.8. The zero-order valence-electron chi connectivity index (χ0n) is 20.2. The number of aryl methyl sites for hydroxylation is 1. The van der Waals surface area contributed by atoms with Crippen molar-refractivity contribution in [2.24, 2.45) is 22.1 Å². The standard InChI is InChI=1S/C21H27F3N6O4S2/c1-12(2)10-30-7-5-6-14-8-15(16(9-17(14)30)29-36(32,33)21(22,23)24)25-27-20-28-26-18(35-20)19(31)34-11-13(3)4/h8-9,12-13,29H,5-7,10-11H2,1-4H3. The van der Waals surface area contributed by atoms with Gasteiger partial charge in [0.2, 0.25) is 5.01 Å². The van der Waals surface area contributed by atoms with Gasteiger partial charge >= 0.3 is 21.5 Å². The fraction of sp³-hybridized carbons (Fsp3) is 0.571. The predicted octanol–water partition coefficient (Wildman–Crippen LogP) is 5.44. The molecule has 1 aromatic heterocycles. The Morgan fingerprint density at radius 1 is 1.19 bits per heavy atom. The van der Waals surface area contributed by atoms with Crippen LogP contribution in [-0.4, -0.2) is 49.8 Å². The number of sulfonamides is 1. The van der Waals surface area contributed by atoms with E-state index in [2.05, 4.69) is 20.4 Å². The molecule has 0 amide bonds. The van der Waals surface area contributed by atoms with Crippen molar-refractivity contribution in [2.75, 3.05) is 29.3 Å². The van der Waals surface area contributed by atoms with Gasteiger partial charge in [-0.25, -0.2) is 4.79 Å². The Morgan fingerprint density at radius 3 is 2.56 bits per heavy atom. The van der Waals surface area contributed by atoms with Crippen molar-refractivity contribution >= 4 is 49.5 Å². The third kappa shape index (κ3) is 6.90. The van der Waals surface area contributed by atoms with E-state index in [1.807, 2.05) is 32.6 Å². The van der Waals surface area contributed by atoms with Crippen LogP contribution in [0.2, 0.25) is 0 Å². The fourth-order valence-corrected chi connectivity index (χ4v) is 4.56. The second-order valence-corrected chi connectivity index (χ2v) is 11.7. The highest BCUT2D eigenvalue weighted by Crippen LogP contribution is 2.40. The molecule has 1 aromatic carbocycles. The summed E-state index contributed by atoms with van der Waals surface area (Å²) < 4.78 is 69.7. The summed E-state index contributed by atoms with van der Waals surface area (Å²) in [6.45, 7) is 9.31. The topological polar surface area (TPSA) is 126 Å². The van der Waals surface area contributed by atoms with E-state index in [9.17, 15) is 26.4 Å². The summed E-state index contributed by atoms with van der Waals surface area (Å²) in [6.07, 6.45) is 1.46. The van der Waals surface area contributed by atoms with Crippen LogP contribution in [0.3, 0.4) is 0 Å². The maximum atomic E-state index is 13.1. The average Bonchev–Trinajstić information content (AvgIpc) is 3.24. The number of carbonyl (C=O) groups is 1. The summed E-state index contributed by atoms with van der Waals surface area (Å²) in [5, 5.41) is 15.2. The monoisotopic (exact) mass is 548 g/mol. The Hall–Kier alpha value is -2.81. The lowest BCUT2D eigenvalue weighted by molar-refractivity contribution is -0.0429. The summed E-state index contributed by atoms with van der Waals surface area (Å²) in [5.41, 5.74) is -4.56. The maximum absolute atomic E-state index is 13.1. The van der Waals surface area contributed by atoms with E-state index >= 15 is 0 Å². The molecule has 0 fully saturated rings. The van der Waals surface area contributed by atoms with Crippen molar-refractivity contribution in [1.29, 1.82) is 0 Å². The smallest absolute Gasteiger partial charge is 0.460 e. The number of aromatic nitrogens is 2. The van der Waals surface area contributed by atoms with Gasteiger partial charge in [0.25, 0.3) is 5.13 Å². The van der Waals surface area contributed by atoms with Crippen LogP contribution in [0.15, 0.2) is 22.4 Å². The molecule has 1 aliphatic rings. The number of rotatable bonds is 9. The Bertz CT molecular complexity index is 1230. The van der Waals surface area contributed by atoms with E-state index in [0.717, 1.165) is 23.3 Å². The Kier molecular flexibility index (Phi) is 8.54. The molecule has 0 bridgehead atoms. The number of hydrogen-bond donors (Lipinski definition) is 1. The second-order valence-electron chi connectivity index (χ2n) is 9.07. The molecular formula is C21H27F3N6O4S2. The number of azo groups is 1. The maximum Gasteiger partial charge on any atom is 0.516 e. The lowest BCUT2D eigenvalue weighted by atomic mass is 9.99. The Morgan fingerprint density at radius 2 is 1.92 bits per heavy atom. The highest BCUT2D eigenvalue weighted by molar-refractivity contribution is 7.93. The molecule has 1 aliphatic heterocycles. The molecule has 36 heavy (non-hydrogen) atoms. The van der Waals surface area contributed by atoms with Gasteiger partial charge in [-0.15, -0.1) is 20.4 Å². The zero-order valence-corrected chi connectivity index (χ0v) is 21.8. The van der Waals surface area contributed by atoms with Gasteiger partial charge in [-0.3, -0.25) is 4.72 Å². The number of fused-ring (bicyclic) bond motifs is 1. The van der Waals surface area contributed by atoms with Crippen molar-refractivity contribution in [3.8, 4) is 0 Å². The zero-order chi connectivity index (χ0) is 26.7. The van der Waals surface area contributed by atoms with Gasteiger partial charge in [-0.1, -0.05) is 39.0 Å². The lowest BCUT2D eigenvalue weighted by Crippen LogP contribution is -2.33. The largest absolute Gasteiger partial charge is 0.516 e. The van der Waals surface area contributed by atoms with Crippen molar-refractivity contribution in [1.82, 2.24) is 10.2 Å². The molecule has 0 unspecified atom stereocenters. The third-order valence-electron chi connectivity index (χ3n) is 4.93. The molecule has 0 radical (unpaired) electrons. The fourth-order valence-electron chi connectivity index (χ4n) is 3.43. The number of esters is 1. The van der Waals surface area contributed by atoms with Gasteiger partial charge < -0.3 is 9.64 Å². The van der Waals surface area contributed by atoms with Crippen LogP contribution in [-0.2, 0) is 21.2 Å². The Labute approximate surface area is 211 Å². The van der Waals surface area contributed by atoms with Crippen LogP contribution >= 0.6 is 11.3 Å². The molecule has 1 N–H and O–H groups in total. The number of anilines is 2. The van der Waals surface area contributed by atoms with Crippen molar-refractivity contribution in [3.63, 3.8) is 0 Å². The molecule has 2 aromatic rings. The number of carbonyl (C=O) groups excluding carboxylic acids is 1. The minimum Gasteiger partial charge on any atom is -0.460 e. The summed E-state index contributed by atoms with van der Waals surface area (Å²) in [6, 6.07) is 2.86. The quantitative estimate of drug-likeness (QED) is 0.327. The summed E-state index contributed by atoms with van der Waals surface area (Å²) in [5.74, 6) is -0.273. The van der Waals surface area contributed by atoms with E-state index < -0.39 is 21.5 Å². The second kappa shape index (κ2) is 11.1. The number of nitrogens with zero attached hydrogens (tertiary/aromatic N) is 5. The highest BCUT2D eigenvalue weighted by atomic mass is 32.2. The van der Waals surface area contributed by atoms with E-state index in [-0.39, 0.29) is 40.0 Å². The summed E-state index contributed by atoms with van der Waals surface area (Å²) in [7, 11) is -5.70. The van der Waals surface area contributed by atoms with Crippen LogP contribution in [0.25, 0.3) is 0 Å². The molecule has 0 spiro atoms. The van der Waals surface area contributed by atoms with Gasteiger partial charge in [0, 0.05) is 18.8 Å². The minimum absolute atomic E-state index is 0.0460. The summed E-state index contributed by atoms with van der Waals surface area (Å²) in [4.78, 5) is 14.0. The van der Waals surface area contributed by atoms with Crippen LogP contribution < -0.4 is 9.62 Å². The number of benzene rings is 1. The normalized spacial score (nSPS) is 14.5. The van der Waals surface area contributed by atoms with E-state index in [1.165, 1.54) is 12.1 Å². The van der Waals surface area contributed by atoms with E-state index in [4.69, 9.17) is 4.74 Å². The number of halogens is 3. The van der Waals surface area contributed by atoms with E-state index in [0.29, 0.717) is 25.2 Å². The molecule has 15 heteroatoms. The van der Waals surface area contributed by atoms with Gasteiger partial charge in [0.15, 0.2) is 0 Å². The number of alkyl halides is 3. The first-order valence-corrected chi connectivity index (χ1v) is 13.5. The van der Waals surface area contributed by atoms with Gasteiger partial charge in [0.1, 0.15) is 5.69 Å². The van der Waals surface area contributed by atoms with Crippen molar-refractivity contribution < 1.29 is 31.1 Å². The van der Waals surface area contributed by atoms with E-state index in [1.54, 1.807) is 4.72 Å². The minimum atomic E-state index is -5.70. The molecule has 0 atom stereocenters. The number of nitrogens with one attached hydrogen (secondary N) is 1. The van der Waals surface area contributed by atoms with Gasteiger partial charge in [0.05, 0.1) is 12.3 Å². The third-order valence-corrected chi connectivity index (χ3v) is 6.81. The predicted molar refractivity (Wildman–Crippen MR) is 130 cm³/mol. The Balaban J connectivity index is 1.96. The number of hydrogen-bond acceptors (Lipinski definition) is 10. The molecule has 198 valence electrons. The SMILES string of the molecule is CC(C)COC(=O)c1nnc(N=Nc2cc3c(cc2NS(=O)(=O)C(F)(F)F)N(CC(C)C)CCC3)s1. The highest BCUT2D eigenvalue weighted by Gasteiger charge is 2.46. The lowest BCUT2D eigenvalue weighted by Gasteiger charge is -2.33. The van der Waals surface area contributed by atoms with Crippen LogP contribution in [0.4, 0.5) is 35.4 Å². The molecule has 0 aliphatic carbocycles. The van der Waals surface area contributed by atoms with Gasteiger partial charge in [-0.05, 0) is 42.4 Å². The first-order valence-electron chi connectivity index (χ1n) is 11.2. The molecule has 10 nitrogen and oxygen atoms in total. The van der Waals surface area contributed by atoms with Crippen LogP contribution in [0, 0.1) is 11.8 Å². The van der Waals surface area contributed by atoms with Crippen LogP contribution in [0.1, 0.15) is 49.5 Å². The summed E-state index contributed by atoms with van der Waals surface area (Å²) >= 11 is 0.787.